The number of methoxy groups -OCH3 is 1. The third-order valence-electron chi connectivity index (χ3n) is 3.88. The second-order valence-electron chi connectivity index (χ2n) is 5.87. The van der Waals surface area contributed by atoms with Gasteiger partial charge in [-0.05, 0) is 46.3 Å². The highest BCUT2D eigenvalue weighted by atomic mass is 79.9. The number of rotatable bonds is 7. The Balaban J connectivity index is 1.94. The van der Waals surface area contributed by atoms with Crippen LogP contribution in [0.25, 0.3) is 0 Å². The van der Waals surface area contributed by atoms with Crippen LogP contribution in [0.2, 0.25) is 0 Å². The third-order valence-corrected chi connectivity index (χ3v) is 7.30. The molecular weight excluding hydrogens is 480 g/mol. The maximum absolute atomic E-state index is 12.6. The first kappa shape index (κ1) is 21.2. The zero-order valence-corrected chi connectivity index (χ0v) is 18.4. The minimum atomic E-state index is -3.84. The molecule has 0 saturated carbocycles. The first-order valence-corrected chi connectivity index (χ1v) is 12.0. The average molecular weight is 497 g/mol. The number of sulfonamides is 2. The van der Waals surface area contributed by atoms with E-state index < -0.39 is 20.0 Å². The summed E-state index contributed by atoms with van der Waals surface area (Å²) in [6.07, 6.45) is 0. The van der Waals surface area contributed by atoms with E-state index in [1.165, 1.54) is 43.5 Å². The summed E-state index contributed by atoms with van der Waals surface area (Å²) in [6.45, 7) is 0. The minimum absolute atomic E-state index is 0.0898. The summed E-state index contributed by atoms with van der Waals surface area (Å²) in [7, 11) is -6.31. The van der Waals surface area contributed by atoms with Gasteiger partial charge in [0.2, 0.25) is 0 Å². The molecule has 3 aromatic carbocycles. The number of anilines is 2. The molecule has 0 radical (unpaired) electrons. The van der Waals surface area contributed by atoms with E-state index in [4.69, 9.17) is 4.74 Å². The molecule has 7 nitrogen and oxygen atoms in total. The van der Waals surface area contributed by atoms with Crippen molar-refractivity contribution < 1.29 is 21.6 Å². The number of ether oxygens (including phenoxy) is 1. The molecule has 0 aromatic heterocycles. The number of hydrogen-bond donors (Lipinski definition) is 2. The summed E-state index contributed by atoms with van der Waals surface area (Å²) in [5, 5.41) is 0. The normalized spacial score (nSPS) is 11.7. The van der Waals surface area contributed by atoms with Crippen LogP contribution < -0.4 is 14.2 Å². The molecule has 0 aliphatic carbocycles. The van der Waals surface area contributed by atoms with Crippen molar-refractivity contribution in [3.05, 3.63) is 77.3 Å². The molecule has 0 atom stereocenters. The van der Waals surface area contributed by atoms with E-state index in [9.17, 15) is 16.8 Å². The molecule has 3 aromatic rings. The molecule has 0 bridgehead atoms. The predicted octanol–water partition coefficient (Wildman–Crippen LogP) is 4.06. The van der Waals surface area contributed by atoms with Crippen LogP contribution in [0.3, 0.4) is 0 Å². The van der Waals surface area contributed by atoms with Crippen molar-refractivity contribution in [2.24, 2.45) is 0 Å². The summed E-state index contributed by atoms with van der Waals surface area (Å²) < 4.78 is 60.8. The molecule has 0 aliphatic heterocycles. The molecule has 29 heavy (non-hydrogen) atoms. The minimum Gasteiger partial charge on any atom is -0.494 e. The molecule has 0 saturated heterocycles. The van der Waals surface area contributed by atoms with Gasteiger partial charge in [-0.3, -0.25) is 9.44 Å². The Bertz CT molecular complexity index is 1220. The fourth-order valence-electron chi connectivity index (χ4n) is 2.49. The molecule has 0 unspecified atom stereocenters. The van der Waals surface area contributed by atoms with Crippen molar-refractivity contribution >= 4 is 47.4 Å². The van der Waals surface area contributed by atoms with Crippen LogP contribution in [0, 0.1) is 0 Å². The Kier molecular flexibility index (Phi) is 6.15. The lowest BCUT2D eigenvalue weighted by Crippen LogP contribution is -2.15. The molecule has 2 N–H and O–H groups in total. The highest BCUT2D eigenvalue weighted by molar-refractivity contribution is 9.10. The quantitative estimate of drug-likeness (QED) is 0.513. The first-order chi connectivity index (χ1) is 13.7. The van der Waals surface area contributed by atoms with Crippen LogP contribution in [0.4, 0.5) is 11.4 Å². The van der Waals surface area contributed by atoms with Gasteiger partial charge in [-0.2, -0.15) is 0 Å². The molecule has 0 fully saturated rings. The zero-order valence-electron chi connectivity index (χ0n) is 15.2. The van der Waals surface area contributed by atoms with E-state index in [2.05, 4.69) is 25.4 Å². The Morgan fingerprint density at radius 2 is 1.17 bits per heavy atom. The van der Waals surface area contributed by atoms with Gasteiger partial charge in [0.25, 0.3) is 20.0 Å². The number of benzene rings is 3. The van der Waals surface area contributed by atoms with E-state index in [-0.39, 0.29) is 26.9 Å². The monoisotopic (exact) mass is 496 g/mol. The molecule has 3 rings (SSSR count). The highest BCUT2D eigenvalue weighted by Crippen LogP contribution is 2.37. The standard InChI is InChI=1S/C19H17BrN2O5S2/c1-27-19-13-17(21-28(23,24)14-8-4-2-5-9-14)16(20)12-18(19)22-29(25,26)15-10-6-3-7-11-15/h2-13,21-22H,1H3. The van der Waals surface area contributed by atoms with Gasteiger partial charge in [-0.15, -0.1) is 0 Å². The fraction of sp³-hybridized carbons (Fsp3) is 0.0526. The van der Waals surface area contributed by atoms with Gasteiger partial charge < -0.3 is 4.74 Å². The van der Waals surface area contributed by atoms with Crippen LogP contribution in [0.5, 0.6) is 5.75 Å². The molecule has 0 heterocycles. The van der Waals surface area contributed by atoms with Crippen LogP contribution >= 0.6 is 15.9 Å². The molecule has 152 valence electrons. The van der Waals surface area contributed by atoms with Gasteiger partial charge in [-0.25, -0.2) is 16.8 Å². The molecule has 0 aliphatic rings. The second kappa shape index (κ2) is 8.44. The molecule has 0 amide bonds. The van der Waals surface area contributed by atoms with Gasteiger partial charge in [-0.1, -0.05) is 36.4 Å². The Labute approximate surface area is 178 Å². The number of hydrogen-bond acceptors (Lipinski definition) is 5. The van der Waals surface area contributed by atoms with E-state index in [1.54, 1.807) is 36.4 Å². The van der Waals surface area contributed by atoms with Crippen molar-refractivity contribution in [1.82, 2.24) is 0 Å². The summed E-state index contributed by atoms with van der Waals surface area (Å²) in [6, 6.07) is 18.6. The maximum atomic E-state index is 12.6. The predicted molar refractivity (Wildman–Crippen MR) is 115 cm³/mol. The van der Waals surface area contributed by atoms with Crippen molar-refractivity contribution in [2.75, 3.05) is 16.6 Å². The van der Waals surface area contributed by atoms with E-state index in [0.717, 1.165) is 0 Å². The van der Waals surface area contributed by atoms with Gasteiger partial charge in [0.05, 0.1) is 28.3 Å². The summed E-state index contributed by atoms with van der Waals surface area (Å²) in [4.78, 5) is 0.187. The average Bonchev–Trinajstić information content (AvgIpc) is 2.71. The van der Waals surface area contributed by atoms with Crippen molar-refractivity contribution in [3.8, 4) is 5.75 Å². The molecular formula is C19H17BrN2O5S2. The van der Waals surface area contributed by atoms with E-state index in [1.807, 2.05) is 0 Å². The fourth-order valence-corrected chi connectivity index (χ4v) is 5.23. The summed E-state index contributed by atoms with van der Waals surface area (Å²) >= 11 is 3.28. The van der Waals surface area contributed by atoms with Gasteiger partial charge in [0, 0.05) is 10.5 Å². The lowest BCUT2D eigenvalue weighted by Gasteiger charge is -2.16. The lowest BCUT2D eigenvalue weighted by atomic mass is 10.2. The first-order valence-electron chi connectivity index (χ1n) is 8.26. The van der Waals surface area contributed by atoms with Crippen LogP contribution in [-0.4, -0.2) is 23.9 Å². The SMILES string of the molecule is COc1cc(NS(=O)(=O)c2ccccc2)c(Br)cc1NS(=O)(=O)c1ccccc1. The van der Waals surface area contributed by atoms with Crippen LogP contribution in [0.1, 0.15) is 0 Å². The Morgan fingerprint density at radius 3 is 1.62 bits per heavy atom. The second-order valence-corrected chi connectivity index (χ2v) is 10.1. The molecule has 0 spiro atoms. The number of halogens is 1. The van der Waals surface area contributed by atoms with E-state index in [0.29, 0.717) is 4.47 Å². The number of nitrogens with one attached hydrogen (secondary N) is 2. The van der Waals surface area contributed by atoms with Gasteiger partial charge in [0.1, 0.15) is 5.75 Å². The summed E-state index contributed by atoms with van der Waals surface area (Å²) in [5.74, 6) is 0.151. The van der Waals surface area contributed by atoms with Gasteiger partial charge in [0.15, 0.2) is 0 Å². The highest BCUT2D eigenvalue weighted by Gasteiger charge is 2.20. The topological polar surface area (TPSA) is 102 Å². The van der Waals surface area contributed by atoms with Crippen molar-refractivity contribution in [1.29, 1.82) is 0 Å². The largest absolute Gasteiger partial charge is 0.494 e. The zero-order chi connectivity index (χ0) is 21.1. The Morgan fingerprint density at radius 1 is 0.724 bits per heavy atom. The van der Waals surface area contributed by atoms with E-state index >= 15 is 0 Å². The van der Waals surface area contributed by atoms with Crippen LogP contribution in [-0.2, 0) is 20.0 Å². The Hall–Kier alpha value is -2.56. The van der Waals surface area contributed by atoms with Crippen molar-refractivity contribution in [3.63, 3.8) is 0 Å². The van der Waals surface area contributed by atoms with Gasteiger partial charge >= 0.3 is 0 Å². The lowest BCUT2D eigenvalue weighted by molar-refractivity contribution is 0.417. The van der Waals surface area contributed by atoms with Crippen molar-refractivity contribution in [2.45, 2.75) is 9.79 Å². The van der Waals surface area contributed by atoms with Crippen LogP contribution in [0.15, 0.2) is 87.1 Å². The third kappa shape index (κ3) is 4.89. The smallest absolute Gasteiger partial charge is 0.262 e. The molecule has 10 heteroatoms. The maximum Gasteiger partial charge on any atom is 0.262 e. The summed E-state index contributed by atoms with van der Waals surface area (Å²) in [5.41, 5.74) is 0.360.